The summed E-state index contributed by atoms with van der Waals surface area (Å²) >= 11 is 0. The first-order valence-corrected chi connectivity index (χ1v) is 22.7. The molecule has 10 rings (SSSR count). The van der Waals surface area contributed by atoms with Gasteiger partial charge in [0.15, 0.2) is 8.07 Å². The van der Waals surface area contributed by atoms with Crippen molar-refractivity contribution in [3.63, 3.8) is 0 Å². The highest BCUT2D eigenvalue weighted by Crippen LogP contribution is 2.43. The van der Waals surface area contributed by atoms with Crippen LogP contribution in [0.3, 0.4) is 0 Å². The van der Waals surface area contributed by atoms with Gasteiger partial charge in [-0.1, -0.05) is 224 Å². The van der Waals surface area contributed by atoms with Gasteiger partial charge in [-0.15, -0.1) is 0 Å². The highest BCUT2D eigenvalue weighted by Gasteiger charge is 2.41. The number of fused-ring (bicyclic) bond motifs is 1. The van der Waals surface area contributed by atoms with Gasteiger partial charge in [0.1, 0.15) is 0 Å². The summed E-state index contributed by atoms with van der Waals surface area (Å²) in [5.74, 6) is 0. The van der Waals surface area contributed by atoms with Crippen LogP contribution in [0.4, 0.5) is 17.1 Å². The molecule has 10 aromatic carbocycles. The van der Waals surface area contributed by atoms with Crippen LogP contribution >= 0.6 is 0 Å². The normalized spacial score (nSPS) is 11.3. The quantitative estimate of drug-likeness (QED) is 0.0987. The zero-order valence-corrected chi connectivity index (χ0v) is 34.3. The van der Waals surface area contributed by atoms with Gasteiger partial charge < -0.3 is 4.90 Å². The zero-order chi connectivity index (χ0) is 40.1. The van der Waals surface area contributed by atoms with Gasteiger partial charge in [-0.2, -0.15) is 0 Å². The molecule has 2 heteroatoms. The first-order valence-electron chi connectivity index (χ1n) is 20.7. The molecule has 0 atom stereocenters. The third kappa shape index (κ3) is 6.94. The van der Waals surface area contributed by atoms with Crippen molar-refractivity contribution in [2.24, 2.45) is 0 Å². The van der Waals surface area contributed by atoms with Crippen molar-refractivity contribution in [1.82, 2.24) is 0 Å². The van der Waals surface area contributed by atoms with Crippen LogP contribution in [-0.4, -0.2) is 8.07 Å². The lowest BCUT2D eigenvalue weighted by atomic mass is 9.96. The third-order valence-corrected chi connectivity index (χ3v) is 16.5. The van der Waals surface area contributed by atoms with Crippen LogP contribution in [0, 0.1) is 0 Å². The van der Waals surface area contributed by atoms with E-state index >= 15 is 0 Å². The molecular weight excluding hydrogens is 739 g/mol. The Labute approximate surface area is 354 Å². The number of anilines is 3. The summed E-state index contributed by atoms with van der Waals surface area (Å²) in [5.41, 5.74) is 10.4. The first kappa shape index (κ1) is 36.8. The van der Waals surface area contributed by atoms with Crippen LogP contribution in [0.2, 0.25) is 0 Å². The van der Waals surface area contributed by atoms with E-state index < -0.39 is 8.07 Å². The molecular formula is C58H43NSi. The Kier molecular flexibility index (Phi) is 10.0. The monoisotopic (exact) mass is 781 g/mol. The average molecular weight is 782 g/mol. The van der Waals surface area contributed by atoms with Crippen molar-refractivity contribution in [2.45, 2.75) is 0 Å². The minimum atomic E-state index is -2.77. The van der Waals surface area contributed by atoms with Crippen LogP contribution < -0.4 is 25.6 Å². The average Bonchev–Trinajstić information content (AvgIpc) is 3.34. The van der Waals surface area contributed by atoms with Crippen LogP contribution in [0.15, 0.2) is 261 Å². The molecule has 0 aliphatic carbocycles. The van der Waals surface area contributed by atoms with E-state index in [2.05, 4.69) is 266 Å². The van der Waals surface area contributed by atoms with E-state index in [0.717, 1.165) is 17.1 Å². The van der Waals surface area contributed by atoms with Gasteiger partial charge in [0, 0.05) is 16.9 Å². The topological polar surface area (TPSA) is 3.24 Å². The van der Waals surface area contributed by atoms with E-state index in [4.69, 9.17) is 0 Å². The van der Waals surface area contributed by atoms with Gasteiger partial charge in [-0.05, 0) is 95.7 Å². The Hall–Kier alpha value is -7.52. The van der Waals surface area contributed by atoms with Gasteiger partial charge in [0.2, 0.25) is 0 Å². The van der Waals surface area contributed by atoms with E-state index in [1.165, 1.54) is 64.9 Å². The molecule has 1 nitrogen and oxygen atoms in total. The Morgan fingerprint density at radius 2 is 0.700 bits per heavy atom. The number of hydrogen-bond donors (Lipinski definition) is 0. The van der Waals surface area contributed by atoms with Crippen molar-refractivity contribution >= 4 is 56.7 Å². The molecule has 0 heterocycles. The van der Waals surface area contributed by atoms with E-state index in [9.17, 15) is 0 Å². The van der Waals surface area contributed by atoms with E-state index in [1.54, 1.807) is 0 Å². The Balaban J connectivity index is 1.11. The molecule has 284 valence electrons. The molecule has 0 spiro atoms. The summed E-state index contributed by atoms with van der Waals surface area (Å²) in [6.45, 7) is 0. The molecule has 0 unspecified atom stereocenters. The molecule has 0 fully saturated rings. The second kappa shape index (κ2) is 16.4. The molecule has 0 bridgehead atoms. The highest BCUT2D eigenvalue weighted by molar-refractivity contribution is 7.20. The molecule has 0 aliphatic heterocycles. The molecule has 0 amide bonds. The minimum absolute atomic E-state index is 1.10. The van der Waals surface area contributed by atoms with Gasteiger partial charge in [-0.25, -0.2) is 0 Å². The standard InChI is InChI=1S/C58H43NSi/c1-6-19-44(20-7-1)50-36-40-58(57(43-50)47-22-8-2-9-23-47)59(51-26-10-3-11-27-51)52-37-33-46(34-38-52)49-25-18-32-55(41-49)60(53-28-12-4-13-29-53,54-30-14-5-15-31-54)56-39-35-45-21-16-17-24-48(45)42-56/h1-43H. The van der Waals surface area contributed by atoms with Crippen molar-refractivity contribution in [3.8, 4) is 33.4 Å². The minimum Gasteiger partial charge on any atom is -0.310 e. The smallest absolute Gasteiger partial charge is 0.179 e. The van der Waals surface area contributed by atoms with Crippen LogP contribution in [-0.2, 0) is 0 Å². The largest absolute Gasteiger partial charge is 0.310 e. The maximum absolute atomic E-state index is 2.77. The Bertz CT molecular complexity index is 2960. The number of hydrogen-bond acceptors (Lipinski definition) is 1. The van der Waals surface area contributed by atoms with Crippen LogP contribution in [0.1, 0.15) is 0 Å². The lowest BCUT2D eigenvalue weighted by Gasteiger charge is -2.35. The molecule has 0 N–H and O–H groups in total. The molecule has 60 heavy (non-hydrogen) atoms. The predicted octanol–water partition coefficient (Wildman–Crippen LogP) is 12.7. The van der Waals surface area contributed by atoms with Gasteiger partial charge >= 0.3 is 0 Å². The first-order chi connectivity index (χ1) is 29.8. The zero-order valence-electron chi connectivity index (χ0n) is 33.3. The lowest BCUT2D eigenvalue weighted by Crippen LogP contribution is -2.74. The van der Waals surface area contributed by atoms with Gasteiger partial charge in [-0.3, -0.25) is 0 Å². The lowest BCUT2D eigenvalue weighted by molar-refractivity contribution is 1.28. The highest BCUT2D eigenvalue weighted by atomic mass is 28.3. The SMILES string of the molecule is c1ccc(-c2ccc(N(c3ccccc3)c3ccc(-c4cccc([Si](c5ccccc5)(c5ccccc5)c5ccc6ccccc6c5)c4)cc3)c(-c3ccccc3)c2)cc1. The summed E-state index contributed by atoms with van der Waals surface area (Å²) in [4.78, 5) is 2.39. The fraction of sp³-hybridized carbons (Fsp3) is 0. The molecule has 10 aromatic rings. The third-order valence-electron chi connectivity index (χ3n) is 11.8. The molecule has 0 saturated carbocycles. The summed E-state index contributed by atoms with van der Waals surface area (Å²) in [6, 6.07) is 95.7. The van der Waals surface area contributed by atoms with Crippen molar-refractivity contribution in [3.05, 3.63) is 261 Å². The summed E-state index contributed by atoms with van der Waals surface area (Å²) < 4.78 is 0. The summed E-state index contributed by atoms with van der Waals surface area (Å²) in [7, 11) is -2.77. The maximum atomic E-state index is 2.46. The molecule has 0 radical (unpaired) electrons. The number of nitrogens with zero attached hydrogens (tertiary/aromatic N) is 1. The Morgan fingerprint density at radius 1 is 0.250 bits per heavy atom. The van der Waals surface area contributed by atoms with Crippen molar-refractivity contribution in [1.29, 1.82) is 0 Å². The van der Waals surface area contributed by atoms with Crippen molar-refractivity contribution < 1.29 is 0 Å². The van der Waals surface area contributed by atoms with Gasteiger partial charge in [0.05, 0.1) is 5.69 Å². The summed E-state index contributed by atoms with van der Waals surface area (Å²) in [5, 5.41) is 7.98. The summed E-state index contributed by atoms with van der Waals surface area (Å²) in [6.07, 6.45) is 0. The fourth-order valence-corrected chi connectivity index (χ4v) is 13.7. The maximum Gasteiger partial charge on any atom is 0.179 e. The predicted molar refractivity (Wildman–Crippen MR) is 259 cm³/mol. The molecule has 0 saturated heterocycles. The molecule has 0 aliphatic rings. The number of rotatable bonds is 10. The van der Waals surface area contributed by atoms with Gasteiger partial charge in [0.25, 0.3) is 0 Å². The molecule has 0 aromatic heterocycles. The van der Waals surface area contributed by atoms with E-state index in [-0.39, 0.29) is 0 Å². The van der Waals surface area contributed by atoms with Crippen LogP contribution in [0.25, 0.3) is 44.2 Å². The number of benzene rings is 10. The van der Waals surface area contributed by atoms with E-state index in [0.29, 0.717) is 0 Å². The van der Waals surface area contributed by atoms with Crippen molar-refractivity contribution in [2.75, 3.05) is 4.90 Å². The fourth-order valence-electron chi connectivity index (χ4n) is 8.93. The number of para-hydroxylation sites is 1. The Morgan fingerprint density at radius 3 is 1.35 bits per heavy atom. The second-order valence-electron chi connectivity index (χ2n) is 15.3. The second-order valence-corrected chi connectivity index (χ2v) is 19.1. The van der Waals surface area contributed by atoms with E-state index in [1.807, 2.05) is 0 Å². The van der Waals surface area contributed by atoms with Crippen LogP contribution in [0.5, 0.6) is 0 Å².